The lowest BCUT2D eigenvalue weighted by atomic mass is 10.1. The molecule has 162 valence electrons. The number of nitro benzene ring substituents is 1. The number of anilines is 2. The molecule has 1 aliphatic rings. The molecule has 0 unspecified atom stereocenters. The Morgan fingerprint density at radius 3 is 2.37 bits per heavy atom. The van der Waals surface area contributed by atoms with Crippen molar-refractivity contribution in [2.45, 2.75) is 25.8 Å². The van der Waals surface area contributed by atoms with Crippen molar-refractivity contribution < 1.29 is 13.3 Å². The molecule has 1 N–H and O–H groups in total. The summed E-state index contributed by atoms with van der Waals surface area (Å²) in [6, 6.07) is 15.2. The van der Waals surface area contributed by atoms with Crippen molar-refractivity contribution in [1.82, 2.24) is 4.31 Å². The van der Waals surface area contributed by atoms with Crippen LogP contribution in [0.1, 0.15) is 18.9 Å². The van der Waals surface area contributed by atoms with E-state index in [1.165, 1.54) is 22.2 Å². The molecule has 0 saturated carbocycles. The van der Waals surface area contributed by atoms with E-state index in [1.807, 2.05) is 25.1 Å². The zero-order valence-electron chi connectivity index (χ0n) is 17.3. The SMILES string of the molecule is C[C@@H](CCc1ccccc1)Nc1cc(N2CCN(S(C)(=O)=O)CC2)ccc1[N+](=O)[O-]. The van der Waals surface area contributed by atoms with Crippen molar-refractivity contribution in [3.8, 4) is 0 Å². The van der Waals surface area contributed by atoms with Crippen LogP contribution in [0, 0.1) is 10.1 Å². The standard InChI is InChI=1S/C21H28N4O4S/c1-17(8-9-18-6-4-3-5-7-18)22-20-16-19(10-11-21(20)25(26)27)23-12-14-24(15-13-23)30(2,28)29/h3-7,10-11,16-17,22H,8-9,12-15H2,1-2H3/t17-/m0/s1. The van der Waals surface area contributed by atoms with Gasteiger partial charge in [0.15, 0.2) is 0 Å². The van der Waals surface area contributed by atoms with Gasteiger partial charge < -0.3 is 10.2 Å². The van der Waals surface area contributed by atoms with Crippen LogP contribution in [0.25, 0.3) is 0 Å². The lowest BCUT2D eigenvalue weighted by molar-refractivity contribution is -0.384. The first-order valence-corrected chi connectivity index (χ1v) is 11.9. The second-order valence-corrected chi connectivity index (χ2v) is 9.66. The molecule has 9 heteroatoms. The Kier molecular flexibility index (Phi) is 6.94. The summed E-state index contributed by atoms with van der Waals surface area (Å²) in [5, 5.41) is 14.8. The molecule has 8 nitrogen and oxygen atoms in total. The van der Waals surface area contributed by atoms with Crippen LogP contribution in [-0.4, -0.2) is 56.1 Å². The first kappa shape index (κ1) is 22.0. The largest absolute Gasteiger partial charge is 0.377 e. The van der Waals surface area contributed by atoms with Crippen LogP contribution in [0.3, 0.4) is 0 Å². The average molecular weight is 433 g/mol. The Balaban J connectivity index is 1.69. The van der Waals surface area contributed by atoms with Crippen LogP contribution in [-0.2, 0) is 16.4 Å². The summed E-state index contributed by atoms with van der Waals surface area (Å²) < 4.78 is 24.9. The van der Waals surface area contributed by atoms with Gasteiger partial charge >= 0.3 is 0 Å². The van der Waals surface area contributed by atoms with Crippen LogP contribution in [0.15, 0.2) is 48.5 Å². The fraction of sp³-hybridized carbons (Fsp3) is 0.429. The Hall–Kier alpha value is -2.65. The van der Waals surface area contributed by atoms with E-state index in [0.29, 0.717) is 31.9 Å². The van der Waals surface area contributed by atoms with Crippen molar-refractivity contribution >= 4 is 27.1 Å². The molecular formula is C21H28N4O4S. The van der Waals surface area contributed by atoms with Crippen LogP contribution < -0.4 is 10.2 Å². The summed E-state index contributed by atoms with van der Waals surface area (Å²) in [6.45, 7) is 3.93. The zero-order valence-corrected chi connectivity index (χ0v) is 18.1. The molecule has 0 radical (unpaired) electrons. The van der Waals surface area contributed by atoms with Crippen molar-refractivity contribution in [3.63, 3.8) is 0 Å². The highest BCUT2D eigenvalue weighted by molar-refractivity contribution is 7.88. The Labute approximate surface area is 177 Å². The molecule has 3 rings (SSSR count). The molecule has 1 atom stereocenters. The first-order valence-electron chi connectivity index (χ1n) is 10.0. The van der Waals surface area contributed by atoms with Gasteiger partial charge in [0, 0.05) is 44.0 Å². The number of piperazine rings is 1. The molecule has 0 spiro atoms. The monoisotopic (exact) mass is 432 g/mol. The van der Waals surface area contributed by atoms with Gasteiger partial charge in [-0.2, -0.15) is 4.31 Å². The topological polar surface area (TPSA) is 95.8 Å². The third-order valence-corrected chi connectivity index (χ3v) is 6.66. The second kappa shape index (κ2) is 9.44. The van der Waals surface area contributed by atoms with Crippen LogP contribution in [0.2, 0.25) is 0 Å². The summed E-state index contributed by atoms with van der Waals surface area (Å²) in [4.78, 5) is 13.2. The van der Waals surface area contributed by atoms with E-state index >= 15 is 0 Å². The zero-order chi connectivity index (χ0) is 21.7. The van der Waals surface area contributed by atoms with Gasteiger partial charge in [-0.15, -0.1) is 0 Å². The maximum Gasteiger partial charge on any atom is 0.292 e. The number of hydrogen-bond acceptors (Lipinski definition) is 6. The highest BCUT2D eigenvalue weighted by Crippen LogP contribution is 2.31. The molecule has 2 aromatic carbocycles. The minimum atomic E-state index is -3.20. The number of nitrogens with zero attached hydrogens (tertiary/aromatic N) is 3. The highest BCUT2D eigenvalue weighted by atomic mass is 32.2. The van der Waals surface area contributed by atoms with E-state index < -0.39 is 10.0 Å². The van der Waals surface area contributed by atoms with Crippen LogP contribution in [0.5, 0.6) is 0 Å². The maximum absolute atomic E-state index is 11.7. The lowest BCUT2D eigenvalue weighted by Crippen LogP contribution is -2.48. The fourth-order valence-electron chi connectivity index (χ4n) is 3.64. The number of aryl methyl sites for hydroxylation is 1. The summed E-state index contributed by atoms with van der Waals surface area (Å²) in [7, 11) is -3.20. The highest BCUT2D eigenvalue weighted by Gasteiger charge is 2.25. The minimum absolute atomic E-state index is 0.0417. The molecule has 2 aromatic rings. The summed E-state index contributed by atoms with van der Waals surface area (Å²) >= 11 is 0. The molecule has 0 aromatic heterocycles. The number of nitrogens with one attached hydrogen (secondary N) is 1. The van der Waals surface area contributed by atoms with E-state index in [0.717, 1.165) is 18.5 Å². The van der Waals surface area contributed by atoms with E-state index in [-0.39, 0.29) is 16.7 Å². The molecule has 0 bridgehead atoms. The van der Waals surface area contributed by atoms with Crippen molar-refractivity contribution in [1.29, 1.82) is 0 Å². The minimum Gasteiger partial charge on any atom is -0.377 e. The number of rotatable bonds is 8. The number of benzene rings is 2. The maximum atomic E-state index is 11.7. The Morgan fingerprint density at radius 1 is 1.10 bits per heavy atom. The molecule has 0 amide bonds. The van der Waals surface area contributed by atoms with Gasteiger partial charge in [-0.05, 0) is 37.5 Å². The van der Waals surface area contributed by atoms with E-state index in [1.54, 1.807) is 12.1 Å². The second-order valence-electron chi connectivity index (χ2n) is 7.68. The van der Waals surface area contributed by atoms with Gasteiger partial charge in [-0.1, -0.05) is 30.3 Å². The van der Waals surface area contributed by atoms with E-state index in [9.17, 15) is 18.5 Å². The van der Waals surface area contributed by atoms with E-state index in [4.69, 9.17) is 0 Å². The molecule has 1 heterocycles. The normalized spacial score (nSPS) is 16.3. The van der Waals surface area contributed by atoms with E-state index in [2.05, 4.69) is 22.3 Å². The van der Waals surface area contributed by atoms with Crippen molar-refractivity contribution in [2.75, 3.05) is 42.7 Å². The first-order chi connectivity index (χ1) is 14.2. The van der Waals surface area contributed by atoms with Crippen LogP contribution in [0.4, 0.5) is 17.1 Å². The number of hydrogen-bond donors (Lipinski definition) is 1. The Morgan fingerprint density at radius 2 is 1.77 bits per heavy atom. The van der Waals surface area contributed by atoms with Crippen molar-refractivity contribution in [3.05, 3.63) is 64.2 Å². The predicted molar refractivity (Wildman–Crippen MR) is 120 cm³/mol. The smallest absolute Gasteiger partial charge is 0.292 e. The molecule has 1 aliphatic heterocycles. The molecule has 0 aliphatic carbocycles. The number of sulfonamides is 1. The summed E-state index contributed by atoms with van der Waals surface area (Å²) in [5.74, 6) is 0. The van der Waals surface area contributed by atoms with Crippen LogP contribution >= 0.6 is 0 Å². The predicted octanol–water partition coefficient (Wildman–Crippen LogP) is 3.11. The molecule has 1 saturated heterocycles. The summed E-state index contributed by atoms with van der Waals surface area (Å²) in [5.41, 5.74) is 2.62. The Bertz CT molecular complexity index is 974. The third-order valence-electron chi connectivity index (χ3n) is 5.36. The van der Waals surface area contributed by atoms with Crippen molar-refractivity contribution in [2.24, 2.45) is 0 Å². The van der Waals surface area contributed by atoms with Gasteiger partial charge in [0.1, 0.15) is 5.69 Å². The summed E-state index contributed by atoms with van der Waals surface area (Å²) in [6.07, 6.45) is 2.95. The lowest BCUT2D eigenvalue weighted by Gasteiger charge is -2.35. The molecule has 30 heavy (non-hydrogen) atoms. The third kappa shape index (κ3) is 5.70. The van der Waals surface area contributed by atoms with Gasteiger partial charge in [-0.25, -0.2) is 8.42 Å². The molecule has 1 fully saturated rings. The van der Waals surface area contributed by atoms with Gasteiger partial charge in [-0.3, -0.25) is 10.1 Å². The quantitative estimate of drug-likeness (QED) is 0.509. The molecular weight excluding hydrogens is 404 g/mol. The van der Waals surface area contributed by atoms with Gasteiger partial charge in [0.25, 0.3) is 5.69 Å². The fourth-order valence-corrected chi connectivity index (χ4v) is 4.47. The average Bonchev–Trinajstić information content (AvgIpc) is 2.72. The van der Waals surface area contributed by atoms with Gasteiger partial charge in [0.2, 0.25) is 10.0 Å². The van der Waals surface area contributed by atoms with Gasteiger partial charge in [0.05, 0.1) is 11.2 Å². The number of nitro groups is 1.